The Morgan fingerprint density at radius 1 is 1.03 bits per heavy atom. The van der Waals surface area contributed by atoms with E-state index in [2.05, 4.69) is 10.4 Å². The van der Waals surface area contributed by atoms with Crippen LogP contribution >= 0.6 is 0 Å². The number of methoxy groups -OCH3 is 2. The fraction of sp³-hybridized carbons (Fsp3) is 0.261. The summed E-state index contributed by atoms with van der Waals surface area (Å²) in [6.07, 6.45) is 0.714. The van der Waals surface area contributed by atoms with Gasteiger partial charge in [0.05, 0.1) is 25.6 Å². The van der Waals surface area contributed by atoms with Crippen molar-refractivity contribution in [1.29, 1.82) is 0 Å². The fourth-order valence-corrected chi connectivity index (χ4v) is 3.00. The summed E-state index contributed by atoms with van der Waals surface area (Å²) in [4.78, 5) is 24.5. The molecule has 1 aromatic heterocycles. The summed E-state index contributed by atoms with van der Waals surface area (Å²) in [5.74, 6) is 0.992. The van der Waals surface area contributed by atoms with Crippen molar-refractivity contribution in [2.24, 2.45) is 0 Å². The van der Waals surface area contributed by atoms with Crippen LogP contribution < -0.4 is 20.3 Å². The third-order valence-electron chi connectivity index (χ3n) is 4.67. The van der Waals surface area contributed by atoms with Gasteiger partial charge in [-0.2, -0.15) is 5.10 Å². The van der Waals surface area contributed by atoms with E-state index in [1.165, 1.54) is 17.9 Å². The van der Waals surface area contributed by atoms with E-state index in [1.54, 1.807) is 31.4 Å². The highest BCUT2D eigenvalue weighted by molar-refractivity contribution is 5.92. The summed E-state index contributed by atoms with van der Waals surface area (Å²) in [7, 11) is 3.10. The van der Waals surface area contributed by atoms with Gasteiger partial charge in [-0.1, -0.05) is 29.8 Å². The number of aryl methyl sites for hydroxylation is 2. The molecule has 3 rings (SSSR count). The summed E-state index contributed by atoms with van der Waals surface area (Å²) >= 11 is 0. The van der Waals surface area contributed by atoms with Gasteiger partial charge >= 0.3 is 0 Å². The first kappa shape index (κ1) is 21.1. The lowest BCUT2D eigenvalue weighted by Crippen LogP contribution is -2.23. The average molecular weight is 407 g/mol. The van der Waals surface area contributed by atoms with Crippen molar-refractivity contribution in [3.63, 3.8) is 0 Å². The molecule has 0 aliphatic heterocycles. The Balaban J connectivity index is 1.62. The molecule has 1 amide bonds. The summed E-state index contributed by atoms with van der Waals surface area (Å²) in [6.45, 7) is 2.37. The summed E-state index contributed by atoms with van der Waals surface area (Å²) in [6, 6.07) is 16.4. The van der Waals surface area contributed by atoms with Crippen LogP contribution in [0.1, 0.15) is 18.4 Å². The van der Waals surface area contributed by atoms with Gasteiger partial charge in [0, 0.05) is 30.7 Å². The van der Waals surface area contributed by atoms with Gasteiger partial charge in [0.2, 0.25) is 5.91 Å². The van der Waals surface area contributed by atoms with E-state index in [0.717, 1.165) is 16.8 Å². The van der Waals surface area contributed by atoms with Crippen molar-refractivity contribution >= 4 is 11.6 Å². The Labute approximate surface area is 175 Å². The normalized spacial score (nSPS) is 10.5. The Morgan fingerprint density at radius 3 is 2.50 bits per heavy atom. The van der Waals surface area contributed by atoms with Gasteiger partial charge in [-0.15, -0.1) is 0 Å². The third-order valence-corrected chi connectivity index (χ3v) is 4.67. The number of hydrogen-bond acceptors (Lipinski definition) is 5. The van der Waals surface area contributed by atoms with Gasteiger partial charge in [-0.3, -0.25) is 9.59 Å². The van der Waals surface area contributed by atoms with E-state index in [0.29, 0.717) is 30.2 Å². The lowest BCUT2D eigenvalue weighted by molar-refractivity contribution is -0.116. The quantitative estimate of drug-likeness (QED) is 0.616. The molecule has 1 N–H and O–H groups in total. The first-order valence-electron chi connectivity index (χ1n) is 9.67. The molecule has 7 heteroatoms. The lowest BCUT2D eigenvalue weighted by Gasteiger charge is -2.12. The molecule has 156 valence electrons. The summed E-state index contributed by atoms with van der Waals surface area (Å²) in [5.41, 5.74) is 3.17. The Kier molecular flexibility index (Phi) is 6.85. The second kappa shape index (κ2) is 9.73. The number of nitrogens with one attached hydrogen (secondary N) is 1. The predicted molar refractivity (Wildman–Crippen MR) is 116 cm³/mol. The Morgan fingerprint density at radius 2 is 1.80 bits per heavy atom. The van der Waals surface area contributed by atoms with Gasteiger partial charge in [0.15, 0.2) is 0 Å². The van der Waals surface area contributed by atoms with Crippen LogP contribution in [0.3, 0.4) is 0 Å². The smallest absolute Gasteiger partial charge is 0.266 e. The maximum absolute atomic E-state index is 12.4. The van der Waals surface area contributed by atoms with E-state index in [-0.39, 0.29) is 17.9 Å². The van der Waals surface area contributed by atoms with E-state index < -0.39 is 0 Å². The predicted octanol–water partition coefficient (Wildman–Crippen LogP) is 3.65. The molecule has 7 nitrogen and oxygen atoms in total. The first-order chi connectivity index (χ1) is 14.5. The topological polar surface area (TPSA) is 82.4 Å². The highest BCUT2D eigenvalue weighted by Gasteiger charge is 2.10. The van der Waals surface area contributed by atoms with Gasteiger partial charge < -0.3 is 14.8 Å². The molecule has 0 radical (unpaired) electrons. The molecule has 0 aliphatic carbocycles. The summed E-state index contributed by atoms with van der Waals surface area (Å²) < 4.78 is 11.9. The number of aromatic nitrogens is 2. The monoisotopic (exact) mass is 407 g/mol. The van der Waals surface area contributed by atoms with E-state index in [4.69, 9.17) is 9.47 Å². The molecule has 0 bridgehead atoms. The van der Waals surface area contributed by atoms with Gasteiger partial charge in [-0.05, 0) is 31.5 Å². The number of benzene rings is 2. The second-order valence-corrected chi connectivity index (χ2v) is 6.86. The van der Waals surface area contributed by atoms with Crippen LogP contribution in [-0.2, 0) is 11.3 Å². The Bertz CT molecular complexity index is 1070. The molecule has 0 atom stereocenters. The molecule has 1 heterocycles. The number of anilines is 1. The molecule has 2 aromatic carbocycles. The largest absolute Gasteiger partial charge is 0.497 e. The van der Waals surface area contributed by atoms with Gasteiger partial charge in [-0.25, -0.2) is 4.68 Å². The van der Waals surface area contributed by atoms with E-state index >= 15 is 0 Å². The maximum atomic E-state index is 12.4. The summed E-state index contributed by atoms with van der Waals surface area (Å²) in [5, 5.41) is 7.27. The van der Waals surface area contributed by atoms with E-state index in [1.807, 2.05) is 31.2 Å². The van der Waals surface area contributed by atoms with Crippen molar-refractivity contribution in [1.82, 2.24) is 9.78 Å². The number of carbonyl (C=O) groups is 1. The fourth-order valence-electron chi connectivity index (χ4n) is 3.00. The highest BCUT2D eigenvalue weighted by Crippen LogP contribution is 2.29. The molecule has 30 heavy (non-hydrogen) atoms. The molecule has 0 spiro atoms. The minimum atomic E-state index is -0.194. The molecule has 0 unspecified atom stereocenters. The minimum absolute atomic E-state index is 0.177. The van der Waals surface area contributed by atoms with Crippen molar-refractivity contribution in [3.05, 3.63) is 70.5 Å². The zero-order chi connectivity index (χ0) is 21.5. The molecular weight excluding hydrogens is 382 g/mol. The number of amides is 1. The number of hydrogen-bond donors (Lipinski definition) is 1. The van der Waals surface area contributed by atoms with Crippen LogP contribution in [0, 0.1) is 6.92 Å². The molecule has 0 saturated heterocycles. The van der Waals surface area contributed by atoms with Crippen LogP contribution in [0.25, 0.3) is 11.3 Å². The number of ether oxygens (including phenoxy) is 2. The number of rotatable bonds is 8. The average Bonchev–Trinajstić information content (AvgIpc) is 2.75. The first-order valence-corrected chi connectivity index (χ1v) is 9.67. The van der Waals surface area contributed by atoms with Crippen LogP contribution in [0.4, 0.5) is 5.69 Å². The third kappa shape index (κ3) is 5.26. The van der Waals surface area contributed by atoms with Crippen molar-refractivity contribution in [3.8, 4) is 22.8 Å². The zero-order valence-electron chi connectivity index (χ0n) is 17.3. The Hall–Kier alpha value is -3.61. The van der Waals surface area contributed by atoms with Crippen molar-refractivity contribution in [2.75, 3.05) is 19.5 Å². The SMILES string of the molecule is COc1ccc(OC)c(NC(=O)CCCn2nc(-c3ccc(C)cc3)ccc2=O)c1. The second-order valence-electron chi connectivity index (χ2n) is 6.86. The molecule has 0 saturated carbocycles. The van der Waals surface area contributed by atoms with Crippen LogP contribution in [0.2, 0.25) is 0 Å². The minimum Gasteiger partial charge on any atom is -0.497 e. The van der Waals surface area contributed by atoms with Crippen LogP contribution in [0.15, 0.2) is 59.4 Å². The lowest BCUT2D eigenvalue weighted by atomic mass is 10.1. The van der Waals surface area contributed by atoms with Gasteiger partial charge in [0.25, 0.3) is 5.56 Å². The van der Waals surface area contributed by atoms with Crippen LogP contribution in [-0.4, -0.2) is 29.9 Å². The number of nitrogens with zero attached hydrogens (tertiary/aromatic N) is 2. The maximum Gasteiger partial charge on any atom is 0.266 e. The molecule has 0 aliphatic rings. The zero-order valence-corrected chi connectivity index (χ0v) is 17.3. The highest BCUT2D eigenvalue weighted by atomic mass is 16.5. The standard InChI is InChI=1S/C23H25N3O4/c1-16-6-8-17(9-7-16)19-11-13-23(28)26(25-19)14-4-5-22(27)24-20-15-18(29-2)10-12-21(20)30-3/h6-13,15H,4-5,14H2,1-3H3,(H,24,27). The molecule has 0 fully saturated rings. The van der Waals surface area contributed by atoms with Gasteiger partial charge in [0.1, 0.15) is 11.5 Å². The van der Waals surface area contributed by atoms with Crippen molar-refractivity contribution < 1.29 is 14.3 Å². The molecule has 3 aromatic rings. The number of carbonyl (C=O) groups excluding carboxylic acids is 1. The molecular formula is C23H25N3O4. The van der Waals surface area contributed by atoms with Crippen molar-refractivity contribution in [2.45, 2.75) is 26.3 Å². The van der Waals surface area contributed by atoms with Crippen LogP contribution in [0.5, 0.6) is 11.5 Å². The van der Waals surface area contributed by atoms with E-state index in [9.17, 15) is 9.59 Å².